The fourth-order valence-corrected chi connectivity index (χ4v) is 9.42. The van der Waals surface area contributed by atoms with E-state index < -0.39 is 22.5 Å². The normalized spacial score (nSPS) is 42.1. The lowest BCUT2D eigenvalue weighted by Crippen LogP contribution is -2.59. The number of esters is 1. The van der Waals surface area contributed by atoms with E-state index in [1.165, 1.54) is 6.20 Å². The van der Waals surface area contributed by atoms with Crippen LogP contribution >= 0.6 is 0 Å². The van der Waals surface area contributed by atoms with E-state index in [0.29, 0.717) is 36.7 Å². The molecule has 0 aliphatic heterocycles. The molecule has 4 aliphatic carbocycles. The maximum absolute atomic E-state index is 13.2. The molecule has 0 bridgehead atoms. The Kier molecular flexibility index (Phi) is 6.57. The van der Waals surface area contributed by atoms with E-state index in [4.69, 9.17) is 8.92 Å². The molecule has 0 unspecified atom stereocenters. The molecule has 0 saturated heterocycles. The van der Waals surface area contributed by atoms with E-state index in [0.717, 1.165) is 32.1 Å². The molecule has 4 fully saturated rings. The third-order valence-electron chi connectivity index (χ3n) is 10.5. The molecule has 4 saturated carbocycles. The van der Waals surface area contributed by atoms with Crippen LogP contribution in [0.25, 0.3) is 0 Å². The van der Waals surface area contributed by atoms with Gasteiger partial charge in [0.2, 0.25) is 0 Å². The Bertz CT molecular complexity index is 1120. The first-order valence-corrected chi connectivity index (χ1v) is 14.6. The van der Waals surface area contributed by atoms with Crippen molar-refractivity contribution >= 4 is 22.2 Å². The van der Waals surface area contributed by atoms with Crippen LogP contribution in [0.3, 0.4) is 0 Å². The number of fused-ring (bicyclic) bond motifs is 5. The van der Waals surface area contributed by atoms with Crippen LogP contribution in [0.4, 0.5) is 0 Å². The van der Waals surface area contributed by atoms with Crippen LogP contribution in [-0.2, 0) is 24.1 Å². The van der Waals surface area contributed by atoms with Gasteiger partial charge in [0.1, 0.15) is 11.9 Å². The average Bonchev–Trinajstić information content (AvgIpc) is 3.17. The minimum absolute atomic E-state index is 0.0440. The Morgan fingerprint density at radius 2 is 1.78 bits per heavy atom. The second-order valence-electron chi connectivity index (χ2n) is 12.1. The van der Waals surface area contributed by atoms with E-state index in [-0.39, 0.29) is 40.5 Å². The highest BCUT2D eigenvalue weighted by Gasteiger charge is 2.64. The highest BCUT2D eigenvalue weighted by Crippen LogP contribution is 2.68. The van der Waals surface area contributed by atoms with E-state index in [9.17, 15) is 22.6 Å². The molecule has 1 heterocycles. The van der Waals surface area contributed by atoms with Gasteiger partial charge in [0, 0.05) is 24.2 Å². The van der Waals surface area contributed by atoms with Crippen LogP contribution in [0, 0.1) is 40.4 Å². The first-order valence-electron chi connectivity index (χ1n) is 13.2. The third kappa shape index (κ3) is 4.41. The first kappa shape index (κ1) is 25.8. The minimum Gasteiger partial charge on any atom is -0.458 e. The zero-order valence-electron chi connectivity index (χ0n) is 21.3. The number of ketones is 1. The Balaban J connectivity index is 1.48. The molecule has 0 spiro atoms. The second kappa shape index (κ2) is 9.17. The minimum atomic E-state index is -4.53. The summed E-state index contributed by atoms with van der Waals surface area (Å²) in [7, 11) is -4.53. The highest BCUT2D eigenvalue weighted by molar-refractivity contribution is 7.80. The molecule has 36 heavy (non-hydrogen) atoms. The number of carbonyl (C=O) groups is 2. The standard InChI is InChI=1S/C27H37NO7S/c1-16(29)20-6-7-21-24-22(9-11-27(20,21)3)26(2)10-8-19(35-36(31,32)33)13-18(26)14-23(24)34-25(30)17-5-4-12-28-15-17/h4-5,12,15,18-24H,6-11,13-14H2,1-3H3,(H,31,32,33)/t18-,19+,20+,21-,22-,23+,24-,26-,27+/m0/s1. The summed E-state index contributed by atoms with van der Waals surface area (Å²) in [6, 6.07) is 3.41. The van der Waals surface area contributed by atoms with Crippen LogP contribution < -0.4 is 0 Å². The summed E-state index contributed by atoms with van der Waals surface area (Å²) in [5.41, 5.74) is 0.266. The number of pyridine rings is 1. The first-order chi connectivity index (χ1) is 16.9. The lowest BCUT2D eigenvalue weighted by molar-refractivity contribution is -0.173. The molecule has 198 valence electrons. The number of ether oxygens (including phenoxy) is 1. The molecule has 4 aliphatic rings. The average molecular weight is 520 g/mol. The number of Topliss-reactive ketones (excluding diaryl/α,β-unsaturated/α-hetero) is 1. The van der Waals surface area contributed by atoms with Crippen LogP contribution in [-0.4, -0.2) is 41.9 Å². The number of aromatic nitrogens is 1. The summed E-state index contributed by atoms with van der Waals surface area (Å²) in [5, 5.41) is 0. The maximum Gasteiger partial charge on any atom is 0.397 e. The van der Waals surface area contributed by atoms with Crippen molar-refractivity contribution in [2.45, 2.75) is 84.3 Å². The van der Waals surface area contributed by atoms with Gasteiger partial charge < -0.3 is 4.74 Å². The van der Waals surface area contributed by atoms with Crippen molar-refractivity contribution in [2.75, 3.05) is 0 Å². The van der Waals surface area contributed by atoms with Crippen LogP contribution in [0.1, 0.15) is 82.5 Å². The largest absolute Gasteiger partial charge is 0.458 e. The quantitative estimate of drug-likeness (QED) is 0.441. The van der Waals surface area contributed by atoms with Gasteiger partial charge >= 0.3 is 16.4 Å². The van der Waals surface area contributed by atoms with Gasteiger partial charge in [0.25, 0.3) is 0 Å². The molecule has 1 N–H and O–H groups in total. The lowest BCUT2D eigenvalue weighted by Gasteiger charge is -2.62. The van der Waals surface area contributed by atoms with Gasteiger partial charge in [0.15, 0.2) is 0 Å². The smallest absolute Gasteiger partial charge is 0.397 e. The Morgan fingerprint density at radius 1 is 1.06 bits per heavy atom. The van der Waals surface area contributed by atoms with Gasteiger partial charge in [0.05, 0.1) is 11.7 Å². The number of rotatable bonds is 5. The third-order valence-corrected chi connectivity index (χ3v) is 11.0. The Labute approximate surface area is 213 Å². The lowest BCUT2D eigenvalue weighted by atomic mass is 9.44. The van der Waals surface area contributed by atoms with E-state index in [1.807, 2.05) is 0 Å². The molecule has 0 radical (unpaired) electrons. The molecule has 0 aromatic carbocycles. The second-order valence-corrected chi connectivity index (χ2v) is 13.2. The monoisotopic (exact) mass is 519 g/mol. The van der Waals surface area contributed by atoms with Crippen molar-refractivity contribution in [1.82, 2.24) is 4.98 Å². The summed E-state index contributed by atoms with van der Waals surface area (Å²) >= 11 is 0. The van der Waals surface area contributed by atoms with Gasteiger partial charge in [-0.15, -0.1) is 0 Å². The summed E-state index contributed by atoms with van der Waals surface area (Å²) in [6.45, 7) is 6.27. The molecule has 0 amide bonds. The number of nitrogens with zero attached hydrogens (tertiary/aromatic N) is 1. The predicted octanol–water partition coefficient (Wildman–Crippen LogP) is 4.65. The molecule has 9 heteroatoms. The topological polar surface area (TPSA) is 120 Å². The van der Waals surface area contributed by atoms with Crippen molar-refractivity contribution in [3.05, 3.63) is 30.1 Å². The molecule has 1 aromatic rings. The van der Waals surface area contributed by atoms with Crippen molar-refractivity contribution < 1.29 is 31.5 Å². The van der Waals surface area contributed by atoms with Gasteiger partial charge in [-0.05, 0) is 99.0 Å². The number of hydrogen-bond acceptors (Lipinski definition) is 7. The van der Waals surface area contributed by atoms with E-state index in [1.54, 1.807) is 25.3 Å². The predicted molar refractivity (Wildman–Crippen MR) is 131 cm³/mol. The summed E-state index contributed by atoms with van der Waals surface area (Å²) in [6.07, 6.45) is 8.46. The van der Waals surface area contributed by atoms with Crippen molar-refractivity contribution in [2.24, 2.45) is 40.4 Å². The summed E-state index contributed by atoms with van der Waals surface area (Å²) in [4.78, 5) is 29.8. The van der Waals surface area contributed by atoms with Gasteiger partial charge in [-0.2, -0.15) is 8.42 Å². The summed E-state index contributed by atoms with van der Waals surface area (Å²) < 4.78 is 43.3. The molecular formula is C27H37NO7S. The Hall–Kier alpha value is -1.84. The Morgan fingerprint density at radius 3 is 2.44 bits per heavy atom. The highest BCUT2D eigenvalue weighted by atomic mass is 32.3. The van der Waals surface area contributed by atoms with Crippen LogP contribution in [0.15, 0.2) is 24.5 Å². The molecule has 5 rings (SSSR count). The molecular weight excluding hydrogens is 482 g/mol. The van der Waals surface area contributed by atoms with Crippen molar-refractivity contribution in [1.29, 1.82) is 0 Å². The molecule has 8 nitrogen and oxygen atoms in total. The SMILES string of the molecule is CC(=O)[C@H]1CC[C@H]2[C@@H]3[C@H](OC(=O)c4cccnc4)C[C@@H]4C[C@H](OS(=O)(=O)O)CC[C@]4(C)[C@H]3CC[C@]12C. The van der Waals surface area contributed by atoms with E-state index in [2.05, 4.69) is 18.8 Å². The van der Waals surface area contributed by atoms with Gasteiger partial charge in [-0.3, -0.25) is 14.3 Å². The number of hydrogen-bond donors (Lipinski definition) is 1. The van der Waals surface area contributed by atoms with Crippen molar-refractivity contribution in [3.8, 4) is 0 Å². The summed E-state index contributed by atoms with van der Waals surface area (Å²) in [5.74, 6) is 0.743. The molecule has 1 aromatic heterocycles. The van der Waals surface area contributed by atoms with Gasteiger partial charge in [-0.25, -0.2) is 8.98 Å². The zero-order valence-corrected chi connectivity index (χ0v) is 22.1. The van der Waals surface area contributed by atoms with Gasteiger partial charge in [-0.1, -0.05) is 13.8 Å². The van der Waals surface area contributed by atoms with E-state index >= 15 is 0 Å². The fourth-order valence-electron chi connectivity index (χ4n) is 8.90. The zero-order chi connectivity index (χ0) is 25.9. The van der Waals surface area contributed by atoms with Crippen molar-refractivity contribution in [3.63, 3.8) is 0 Å². The fraction of sp³-hybridized carbons (Fsp3) is 0.741. The molecule has 9 atom stereocenters. The number of carbonyl (C=O) groups excluding carboxylic acids is 2. The maximum atomic E-state index is 13.2. The van der Waals surface area contributed by atoms with Crippen LogP contribution in [0.2, 0.25) is 0 Å². The van der Waals surface area contributed by atoms with Crippen LogP contribution in [0.5, 0.6) is 0 Å².